The maximum Gasteiger partial charge on any atom is 0.213 e. The number of allylic oxidation sites excluding steroid dienone is 1. The Hall–Kier alpha value is -2.89. The van der Waals surface area contributed by atoms with Gasteiger partial charge in [0.2, 0.25) is 5.95 Å². The van der Waals surface area contributed by atoms with Gasteiger partial charge in [-0.15, -0.1) is 0 Å². The van der Waals surface area contributed by atoms with E-state index in [4.69, 9.17) is 15.5 Å². The van der Waals surface area contributed by atoms with E-state index >= 15 is 0 Å². The summed E-state index contributed by atoms with van der Waals surface area (Å²) in [4.78, 5) is 11.7. The van der Waals surface area contributed by atoms with Gasteiger partial charge < -0.3 is 15.4 Å². The van der Waals surface area contributed by atoms with Crippen molar-refractivity contribution in [3.8, 4) is 11.8 Å². The summed E-state index contributed by atoms with van der Waals surface area (Å²) in [6, 6.07) is 0.0930. The molecule has 5 rings (SSSR count). The molecule has 0 aliphatic carbocycles. The van der Waals surface area contributed by atoms with Crippen LogP contribution in [0.25, 0.3) is 16.7 Å². The molecule has 2 fully saturated rings. The SMILES string of the molecule is C=C(C)C#Cc1n[nH]c2nc(N3CCC4(CC3)CO[C@@H](C)[C@H]4N)n3ccnc3c12. The van der Waals surface area contributed by atoms with Gasteiger partial charge in [-0.3, -0.25) is 9.50 Å². The van der Waals surface area contributed by atoms with Gasteiger partial charge in [0.1, 0.15) is 5.69 Å². The first-order chi connectivity index (χ1) is 14.0. The molecule has 3 aromatic heterocycles. The largest absolute Gasteiger partial charge is 0.376 e. The van der Waals surface area contributed by atoms with E-state index in [-0.39, 0.29) is 17.6 Å². The van der Waals surface area contributed by atoms with Crippen LogP contribution < -0.4 is 10.6 Å². The monoisotopic (exact) mass is 391 g/mol. The van der Waals surface area contributed by atoms with Crippen molar-refractivity contribution < 1.29 is 4.74 Å². The van der Waals surface area contributed by atoms with Crippen molar-refractivity contribution >= 4 is 22.6 Å². The molecular formula is C21H25N7O. The fourth-order valence-corrected chi connectivity index (χ4v) is 4.53. The Bertz CT molecular complexity index is 1160. The molecule has 2 saturated heterocycles. The van der Waals surface area contributed by atoms with Gasteiger partial charge in [0.15, 0.2) is 11.3 Å². The zero-order chi connectivity index (χ0) is 20.2. The molecule has 8 nitrogen and oxygen atoms in total. The van der Waals surface area contributed by atoms with Crippen molar-refractivity contribution in [2.75, 3.05) is 24.6 Å². The van der Waals surface area contributed by atoms with Crippen LogP contribution in [0.15, 0.2) is 24.5 Å². The van der Waals surface area contributed by atoms with Crippen molar-refractivity contribution in [3.63, 3.8) is 0 Å². The van der Waals surface area contributed by atoms with Crippen LogP contribution in [0.4, 0.5) is 5.95 Å². The number of nitrogens with zero attached hydrogens (tertiary/aromatic N) is 5. The summed E-state index contributed by atoms with van der Waals surface area (Å²) >= 11 is 0. The highest BCUT2D eigenvalue weighted by molar-refractivity contribution is 5.94. The molecule has 1 spiro atoms. The van der Waals surface area contributed by atoms with E-state index in [1.165, 1.54) is 0 Å². The first-order valence-electron chi connectivity index (χ1n) is 9.99. The van der Waals surface area contributed by atoms with Crippen LogP contribution in [-0.4, -0.2) is 56.4 Å². The van der Waals surface area contributed by atoms with Gasteiger partial charge in [0.25, 0.3) is 0 Å². The number of rotatable bonds is 1. The second kappa shape index (κ2) is 6.58. The minimum atomic E-state index is 0.0768. The lowest BCUT2D eigenvalue weighted by Gasteiger charge is -2.41. The average Bonchev–Trinajstić information content (AvgIpc) is 3.41. The predicted octanol–water partition coefficient (Wildman–Crippen LogP) is 1.87. The number of nitrogens with one attached hydrogen (secondary N) is 1. The Kier molecular flexibility index (Phi) is 4.12. The fourth-order valence-electron chi connectivity index (χ4n) is 4.53. The Morgan fingerprint density at radius 2 is 2.21 bits per heavy atom. The summed E-state index contributed by atoms with van der Waals surface area (Å²) in [5.74, 6) is 6.91. The van der Waals surface area contributed by atoms with Crippen molar-refractivity contribution in [1.82, 2.24) is 24.6 Å². The molecule has 2 atom stereocenters. The molecule has 150 valence electrons. The zero-order valence-corrected chi connectivity index (χ0v) is 16.8. The van der Waals surface area contributed by atoms with E-state index in [2.05, 4.69) is 45.4 Å². The number of aromatic amines is 1. The second-order valence-corrected chi connectivity index (χ2v) is 8.25. The maximum absolute atomic E-state index is 6.47. The zero-order valence-electron chi connectivity index (χ0n) is 16.8. The van der Waals surface area contributed by atoms with Crippen molar-refractivity contribution in [3.05, 3.63) is 30.2 Å². The summed E-state index contributed by atoms with van der Waals surface area (Å²) in [6.07, 6.45) is 5.84. The number of ether oxygens (including phenoxy) is 1. The number of piperidine rings is 1. The molecule has 3 N–H and O–H groups in total. The van der Waals surface area contributed by atoms with E-state index < -0.39 is 0 Å². The van der Waals surface area contributed by atoms with Gasteiger partial charge >= 0.3 is 0 Å². The van der Waals surface area contributed by atoms with Gasteiger partial charge in [-0.05, 0) is 38.2 Å². The van der Waals surface area contributed by atoms with E-state index in [0.29, 0.717) is 11.3 Å². The Morgan fingerprint density at radius 1 is 1.41 bits per heavy atom. The molecule has 3 aromatic rings. The van der Waals surface area contributed by atoms with Crippen LogP contribution in [0.3, 0.4) is 0 Å². The number of fused-ring (bicyclic) bond motifs is 3. The van der Waals surface area contributed by atoms with Crippen LogP contribution >= 0.6 is 0 Å². The fraction of sp³-hybridized carbons (Fsp3) is 0.476. The van der Waals surface area contributed by atoms with Crippen molar-refractivity contribution in [1.29, 1.82) is 0 Å². The molecular weight excluding hydrogens is 366 g/mol. The smallest absolute Gasteiger partial charge is 0.213 e. The Balaban J connectivity index is 1.51. The first-order valence-corrected chi connectivity index (χ1v) is 9.99. The van der Waals surface area contributed by atoms with Gasteiger partial charge in [-0.25, -0.2) is 4.98 Å². The lowest BCUT2D eigenvalue weighted by Crippen LogP contribution is -2.51. The third-order valence-corrected chi connectivity index (χ3v) is 6.32. The van der Waals surface area contributed by atoms with Gasteiger partial charge in [-0.1, -0.05) is 12.5 Å². The van der Waals surface area contributed by atoms with Gasteiger partial charge in [-0.2, -0.15) is 10.1 Å². The van der Waals surface area contributed by atoms with E-state index in [0.717, 1.165) is 55.1 Å². The van der Waals surface area contributed by atoms with Crippen LogP contribution in [0.5, 0.6) is 0 Å². The number of H-pyrrole nitrogens is 1. The van der Waals surface area contributed by atoms with Crippen LogP contribution in [0.2, 0.25) is 0 Å². The highest BCUT2D eigenvalue weighted by Crippen LogP contribution is 2.42. The number of imidazole rings is 1. The lowest BCUT2D eigenvalue weighted by atomic mass is 9.73. The molecule has 29 heavy (non-hydrogen) atoms. The number of anilines is 1. The summed E-state index contributed by atoms with van der Waals surface area (Å²) in [7, 11) is 0. The summed E-state index contributed by atoms with van der Waals surface area (Å²) in [5, 5.41) is 8.21. The minimum Gasteiger partial charge on any atom is -0.376 e. The standard InChI is InChI=1S/C21H25N7O/c1-13(2)4-5-15-16-18(26-25-15)24-20(28-11-8-23-19(16)28)27-9-6-21(7-10-27)12-29-14(3)17(21)22/h8,11,14,17H,1,6-7,9-10,12,22H2,2-3H3,(H,25,26)/t14-,17+/m0/s1. The molecule has 2 aliphatic heterocycles. The van der Waals surface area contributed by atoms with Crippen LogP contribution in [0, 0.1) is 17.3 Å². The number of aromatic nitrogens is 5. The molecule has 2 aliphatic rings. The van der Waals surface area contributed by atoms with Crippen molar-refractivity contribution in [2.24, 2.45) is 11.1 Å². The first kappa shape index (κ1) is 18.2. The predicted molar refractivity (Wildman–Crippen MR) is 112 cm³/mol. The Labute approximate surface area is 169 Å². The maximum atomic E-state index is 6.47. The molecule has 0 amide bonds. The minimum absolute atomic E-state index is 0.0768. The second-order valence-electron chi connectivity index (χ2n) is 8.25. The lowest BCUT2D eigenvalue weighted by molar-refractivity contribution is 0.0973. The molecule has 8 heteroatoms. The van der Waals surface area contributed by atoms with E-state index in [9.17, 15) is 0 Å². The number of hydrogen-bond donors (Lipinski definition) is 2. The summed E-state index contributed by atoms with van der Waals surface area (Å²) in [6.45, 7) is 10.3. The van der Waals surface area contributed by atoms with Crippen LogP contribution in [-0.2, 0) is 4.74 Å². The molecule has 0 aromatic carbocycles. The van der Waals surface area contributed by atoms with Gasteiger partial charge in [0.05, 0.1) is 18.1 Å². The van der Waals surface area contributed by atoms with Crippen molar-refractivity contribution in [2.45, 2.75) is 38.8 Å². The number of hydrogen-bond acceptors (Lipinski definition) is 6. The van der Waals surface area contributed by atoms with E-state index in [1.54, 1.807) is 6.20 Å². The van der Waals surface area contributed by atoms with Gasteiger partial charge in [0, 0.05) is 36.9 Å². The van der Waals surface area contributed by atoms with E-state index in [1.807, 2.05) is 17.5 Å². The topological polar surface area (TPSA) is 97.4 Å². The highest BCUT2D eigenvalue weighted by Gasteiger charge is 2.47. The summed E-state index contributed by atoms with van der Waals surface area (Å²) < 4.78 is 7.87. The normalized spacial score (nSPS) is 23.6. The molecule has 0 radical (unpaired) electrons. The third kappa shape index (κ3) is 2.81. The molecule has 0 bridgehead atoms. The molecule has 0 saturated carbocycles. The quantitative estimate of drug-likeness (QED) is 0.615. The molecule has 5 heterocycles. The van der Waals surface area contributed by atoms with Crippen LogP contribution in [0.1, 0.15) is 32.4 Å². The molecule has 0 unspecified atom stereocenters. The Morgan fingerprint density at radius 3 is 2.90 bits per heavy atom. The number of nitrogens with two attached hydrogens (primary N) is 1. The summed E-state index contributed by atoms with van der Waals surface area (Å²) in [5.41, 5.74) is 9.47. The average molecular weight is 391 g/mol. The third-order valence-electron chi connectivity index (χ3n) is 6.32. The highest BCUT2D eigenvalue weighted by atomic mass is 16.5.